The number of carbonyl (C=O) groups excluding carboxylic acids is 1. The van der Waals surface area contributed by atoms with Crippen LogP contribution in [0.15, 0.2) is 6.20 Å². The van der Waals surface area contributed by atoms with Crippen LogP contribution in [0.25, 0.3) is 0 Å². The van der Waals surface area contributed by atoms with E-state index in [0.29, 0.717) is 11.3 Å². The van der Waals surface area contributed by atoms with Gasteiger partial charge in [-0.2, -0.15) is 5.10 Å². The van der Waals surface area contributed by atoms with E-state index in [2.05, 4.69) is 15.5 Å². The zero-order chi connectivity index (χ0) is 8.72. The topological polar surface area (TPSA) is 95.1 Å². The molecule has 0 aliphatic carbocycles. The number of aromatic amines is 1. The molecule has 2 rings (SSSR count). The van der Waals surface area contributed by atoms with Crippen molar-refractivity contribution >= 4 is 11.9 Å². The molecular weight excluding hydrogens is 162 g/mol. The van der Waals surface area contributed by atoms with Crippen LogP contribution in [0.4, 0.5) is 0 Å². The lowest BCUT2D eigenvalue weighted by atomic mass is 10.2. The molecule has 0 saturated carbocycles. The number of rotatable bonds is 1. The van der Waals surface area contributed by atoms with Gasteiger partial charge in [-0.1, -0.05) is 0 Å². The monoisotopic (exact) mass is 167 g/mol. The highest BCUT2D eigenvalue weighted by Gasteiger charge is 2.35. The fraction of sp³-hybridized carbons (Fsp3) is 0.167. The number of carboxylic acids is 1. The van der Waals surface area contributed by atoms with Gasteiger partial charge in [-0.25, -0.2) is 4.79 Å². The molecule has 0 radical (unpaired) electrons. The van der Waals surface area contributed by atoms with E-state index in [1.165, 1.54) is 6.20 Å². The Bertz CT molecular complexity index is 357. The Hall–Kier alpha value is -1.85. The minimum absolute atomic E-state index is 0.308. The lowest BCUT2D eigenvalue weighted by Crippen LogP contribution is -2.26. The van der Waals surface area contributed by atoms with Crippen molar-refractivity contribution in [3.8, 4) is 0 Å². The van der Waals surface area contributed by atoms with Crippen molar-refractivity contribution in [1.29, 1.82) is 0 Å². The molecule has 1 unspecified atom stereocenters. The maximum absolute atomic E-state index is 11.0. The highest BCUT2D eigenvalue weighted by atomic mass is 16.4. The van der Waals surface area contributed by atoms with Crippen LogP contribution in [0.5, 0.6) is 0 Å². The molecule has 0 fully saturated rings. The number of aromatic nitrogens is 2. The van der Waals surface area contributed by atoms with Gasteiger partial charge in [0.15, 0.2) is 6.04 Å². The first-order valence-corrected chi connectivity index (χ1v) is 3.27. The summed E-state index contributed by atoms with van der Waals surface area (Å²) in [6.07, 6.45) is 1.31. The summed E-state index contributed by atoms with van der Waals surface area (Å²) >= 11 is 0. The minimum atomic E-state index is -1.09. The van der Waals surface area contributed by atoms with Crippen LogP contribution in [-0.2, 0) is 4.79 Å². The van der Waals surface area contributed by atoms with Crippen molar-refractivity contribution in [2.24, 2.45) is 0 Å². The second-order valence-corrected chi connectivity index (χ2v) is 2.44. The average molecular weight is 167 g/mol. The first-order chi connectivity index (χ1) is 5.70. The van der Waals surface area contributed by atoms with E-state index in [9.17, 15) is 9.59 Å². The normalized spacial score (nSPS) is 20.3. The van der Waals surface area contributed by atoms with E-state index >= 15 is 0 Å². The van der Waals surface area contributed by atoms with E-state index in [1.807, 2.05) is 0 Å². The first kappa shape index (κ1) is 6.84. The fourth-order valence-electron chi connectivity index (χ4n) is 1.16. The van der Waals surface area contributed by atoms with Crippen molar-refractivity contribution in [2.75, 3.05) is 0 Å². The Kier molecular flexibility index (Phi) is 1.18. The van der Waals surface area contributed by atoms with Crippen molar-refractivity contribution in [3.05, 3.63) is 17.5 Å². The molecule has 1 aliphatic heterocycles. The van der Waals surface area contributed by atoms with Gasteiger partial charge in [0.25, 0.3) is 5.91 Å². The summed E-state index contributed by atoms with van der Waals surface area (Å²) in [5.41, 5.74) is 0.634. The van der Waals surface area contributed by atoms with Crippen LogP contribution in [0.2, 0.25) is 0 Å². The van der Waals surface area contributed by atoms with Crippen molar-refractivity contribution in [2.45, 2.75) is 6.04 Å². The van der Waals surface area contributed by atoms with Gasteiger partial charge in [0.2, 0.25) is 0 Å². The van der Waals surface area contributed by atoms with Gasteiger partial charge in [-0.3, -0.25) is 9.89 Å². The number of hydrogen-bond acceptors (Lipinski definition) is 3. The van der Waals surface area contributed by atoms with Gasteiger partial charge < -0.3 is 10.4 Å². The highest BCUT2D eigenvalue weighted by Crippen LogP contribution is 2.21. The standard InChI is InChI=1S/C6H5N3O3/c10-5-2-1-7-9-3(2)4(8-5)6(11)12/h1,4H,(H,7,9)(H,8,10)(H,11,12). The largest absolute Gasteiger partial charge is 0.479 e. The van der Waals surface area contributed by atoms with E-state index in [-0.39, 0.29) is 0 Å². The first-order valence-electron chi connectivity index (χ1n) is 3.27. The smallest absolute Gasteiger partial charge is 0.332 e. The molecule has 1 amide bonds. The highest BCUT2D eigenvalue weighted by molar-refractivity contribution is 6.02. The SMILES string of the molecule is O=C1NC(C(=O)O)c2[nH]ncc21. The van der Waals surface area contributed by atoms with Crippen molar-refractivity contribution in [1.82, 2.24) is 15.5 Å². The number of nitrogens with one attached hydrogen (secondary N) is 2. The van der Waals surface area contributed by atoms with Crippen molar-refractivity contribution < 1.29 is 14.7 Å². The number of aliphatic carboxylic acids is 1. The molecule has 0 saturated heterocycles. The molecule has 6 heteroatoms. The molecule has 62 valence electrons. The maximum atomic E-state index is 11.0. The second kappa shape index (κ2) is 2.07. The Labute approximate surface area is 66.6 Å². The molecule has 1 atom stereocenters. The van der Waals surface area contributed by atoms with E-state index in [1.54, 1.807) is 0 Å². The summed E-state index contributed by atoms with van der Waals surface area (Å²) < 4.78 is 0. The number of amides is 1. The summed E-state index contributed by atoms with van der Waals surface area (Å²) in [7, 11) is 0. The average Bonchev–Trinajstić information content (AvgIpc) is 2.53. The van der Waals surface area contributed by atoms with Crippen LogP contribution < -0.4 is 5.32 Å². The molecule has 1 aliphatic rings. The third-order valence-corrected chi connectivity index (χ3v) is 1.72. The molecule has 3 N–H and O–H groups in total. The van der Waals surface area contributed by atoms with Crippen LogP contribution in [0.1, 0.15) is 22.1 Å². The molecule has 1 aromatic heterocycles. The fourth-order valence-corrected chi connectivity index (χ4v) is 1.16. The summed E-state index contributed by atoms with van der Waals surface area (Å²) in [6, 6.07) is -0.977. The number of H-pyrrole nitrogens is 1. The van der Waals surface area contributed by atoms with Crippen LogP contribution in [-0.4, -0.2) is 27.2 Å². The predicted octanol–water partition coefficient (Wildman–Crippen LogP) is -0.721. The number of carboxylic acid groups (broad SMARTS) is 1. The molecule has 2 heterocycles. The predicted molar refractivity (Wildman–Crippen MR) is 36.4 cm³/mol. The van der Waals surface area contributed by atoms with Gasteiger partial charge in [0.05, 0.1) is 17.5 Å². The number of hydrogen-bond donors (Lipinski definition) is 3. The zero-order valence-corrected chi connectivity index (χ0v) is 5.87. The van der Waals surface area contributed by atoms with Gasteiger partial charge in [0.1, 0.15) is 0 Å². The molecule has 12 heavy (non-hydrogen) atoms. The Morgan fingerprint density at radius 1 is 1.67 bits per heavy atom. The maximum Gasteiger partial charge on any atom is 0.332 e. The quantitative estimate of drug-likeness (QED) is 0.514. The number of nitrogens with zero attached hydrogens (tertiary/aromatic N) is 1. The molecule has 6 nitrogen and oxygen atoms in total. The van der Waals surface area contributed by atoms with Gasteiger partial charge in [0, 0.05) is 0 Å². The summed E-state index contributed by atoms with van der Waals surface area (Å²) in [4.78, 5) is 21.6. The Morgan fingerprint density at radius 2 is 2.42 bits per heavy atom. The lowest BCUT2D eigenvalue weighted by Gasteiger charge is -2.02. The molecule has 0 spiro atoms. The van der Waals surface area contributed by atoms with Gasteiger partial charge in [-0.05, 0) is 0 Å². The molecule has 0 aromatic carbocycles. The van der Waals surface area contributed by atoms with Gasteiger partial charge in [-0.15, -0.1) is 0 Å². The second-order valence-electron chi connectivity index (χ2n) is 2.44. The third-order valence-electron chi connectivity index (χ3n) is 1.72. The lowest BCUT2D eigenvalue weighted by molar-refractivity contribution is -0.139. The number of fused-ring (bicyclic) bond motifs is 1. The third kappa shape index (κ3) is 0.714. The van der Waals surface area contributed by atoms with Crippen LogP contribution in [0.3, 0.4) is 0 Å². The van der Waals surface area contributed by atoms with E-state index < -0.39 is 17.9 Å². The van der Waals surface area contributed by atoms with Gasteiger partial charge >= 0.3 is 5.97 Å². The summed E-state index contributed by atoms with van der Waals surface area (Å²) in [5, 5.41) is 17.0. The minimum Gasteiger partial charge on any atom is -0.479 e. The number of carbonyl (C=O) groups is 2. The molecular formula is C6H5N3O3. The summed E-state index contributed by atoms with van der Waals surface area (Å²) in [6.45, 7) is 0. The molecule has 1 aromatic rings. The van der Waals surface area contributed by atoms with Crippen LogP contribution in [0, 0.1) is 0 Å². The summed E-state index contributed by atoms with van der Waals surface area (Å²) in [5.74, 6) is -1.49. The Balaban J connectivity index is 2.48. The Morgan fingerprint density at radius 3 is 3.08 bits per heavy atom. The molecule has 0 bridgehead atoms. The zero-order valence-electron chi connectivity index (χ0n) is 5.87. The van der Waals surface area contributed by atoms with Crippen LogP contribution >= 0.6 is 0 Å². The van der Waals surface area contributed by atoms with E-state index in [4.69, 9.17) is 5.11 Å². The van der Waals surface area contributed by atoms with Crippen molar-refractivity contribution in [3.63, 3.8) is 0 Å². The van der Waals surface area contributed by atoms with E-state index in [0.717, 1.165) is 0 Å².